The van der Waals surface area contributed by atoms with E-state index in [0.717, 1.165) is 22.1 Å². The van der Waals surface area contributed by atoms with Crippen molar-refractivity contribution >= 4 is 50.1 Å². The zero-order chi connectivity index (χ0) is 30.8. The van der Waals surface area contributed by atoms with E-state index in [0.29, 0.717) is 43.2 Å². The molecule has 0 radical (unpaired) electrons. The van der Waals surface area contributed by atoms with Crippen LogP contribution in [0.15, 0.2) is 110 Å². The fourth-order valence-electron chi connectivity index (χ4n) is 5.38. The molecule has 222 valence electrons. The molecule has 5 aromatic rings. The standard InChI is InChI=1S/C35H29BrN2O5S/c1-4-42-34(40)31-21(2)37-35-38(32(31)24-15-16-29(41-3)28(36)19-24)33(39)30(44-35)18-22-9-7-13-26(17-22)43-20-25-12-8-11-23-10-5-6-14-27(23)25/h5-19,32H,4,20H2,1-3H3/b30-18+/t32-/m0/s1. The van der Waals surface area contributed by atoms with Gasteiger partial charge in [0.15, 0.2) is 4.80 Å². The van der Waals surface area contributed by atoms with Crippen LogP contribution in [-0.2, 0) is 16.1 Å². The van der Waals surface area contributed by atoms with Gasteiger partial charge in [0, 0.05) is 0 Å². The van der Waals surface area contributed by atoms with Crippen molar-refractivity contribution in [3.63, 3.8) is 0 Å². The molecule has 1 aliphatic rings. The number of fused-ring (bicyclic) bond motifs is 2. The minimum absolute atomic E-state index is 0.206. The van der Waals surface area contributed by atoms with E-state index in [4.69, 9.17) is 14.2 Å². The van der Waals surface area contributed by atoms with E-state index >= 15 is 0 Å². The maximum absolute atomic E-state index is 14.0. The third-order valence-corrected chi connectivity index (χ3v) is 9.04. The van der Waals surface area contributed by atoms with Gasteiger partial charge in [-0.3, -0.25) is 9.36 Å². The lowest BCUT2D eigenvalue weighted by atomic mass is 9.96. The molecule has 1 aromatic heterocycles. The monoisotopic (exact) mass is 668 g/mol. The highest BCUT2D eigenvalue weighted by atomic mass is 79.9. The van der Waals surface area contributed by atoms with Crippen molar-refractivity contribution in [1.82, 2.24) is 4.57 Å². The van der Waals surface area contributed by atoms with Crippen LogP contribution >= 0.6 is 27.3 Å². The second kappa shape index (κ2) is 12.6. The molecule has 4 aromatic carbocycles. The molecule has 0 saturated heterocycles. The number of hydrogen-bond acceptors (Lipinski definition) is 7. The maximum Gasteiger partial charge on any atom is 0.338 e. The molecule has 7 nitrogen and oxygen atoms in total. The summed E-state index contributed by atoms with van der Waals surface area (Å²) in [6.07, 6.45) is 1.83. The third-order valence-electron chi connectivity index (χ3n) is 7.44. The van der Waals surface area contributed by atoms with Crippen LogP contribution in [0.5, 0.6) is 11.5 Å². The Morgan fingerprint density at radius 3 is 2.64 bits per heavy atom. The van der Waals surface area contributed by atoms with Crippen molar-refractivity contribution in [3.05, 3.63) is 137 Å². The number of nitrogens with zero attached hydrogens (tertiary/aromatic N) is 2. The van der Waals surface area contributed by atoms with Crippen LogP contribution in [0.25, 0.3) is 16.8 Å². The summed E-state index contributed by atoms with van der Waals surface area (Å²) in [7, 11) is 1.58. The third kappa shape index (κ3) is 5.73. The molecule has 0 saturated carbocycles. The summed E-state index contributed by atoms with van der Waals surface area (Å²) in [6.45, 7) is 4.14. The first-order valence-electron chi connectivity index (χ1n) is 14.1. The molecule has 1 atom stereocenters. The highest BCUT2D eigenvalue weighted by Crippen LogP contribution is 2.35. The number of halogens is 1. The van der Waals surface area contributed by atoms with Gasteiger partial charge in [-0.1, -0.05) is 72.0 Å². The number of benzene rings is 4. The number of ether oxygens (including phenoxy) is 3. The Bertz CT molecular complexity index is 2110. The first-order valence-corrected chi connectivity index (χ1v) is 15.7. The summed E-state index contributed by atoms with van der Waals surface area (Å²) in [4.78, 5) is 32.4. The molecule has 0 bridgehead atoms. The Hall–Kier alpha value is -4.47. The highest BCUT2D eigenvalue weighted by Gasteiger charge is 2.33. The van der Waals surface area contributed by atoms with Crippen LogP contribution in [0.4, 0.5) is 0 Å². The molecule has 44 heavy (non-hydrogen) atoms. The highest BCUT2D eigenvalue weighted by molar-refractivity contribution is 9.10. The predicted molar refractivity (Wildman–Crippen MR) is 176 cm³/mol. The number of carbonyl (C=O) groups is 1. The summed E-state index contributed by atoms with van der Waals surface area (Å²) in [6, 6.07) is 26.9. The van der Waals surface area contributed by atoms with Crippen LogP contribution in [-0.4, -0.2) is 24.3 Å². The van der Waals surface area contributed by atoms with E-state index in [1.807, 2.05) is 60.7 Å². The van der Waals surface area contributed by atoms with Crippen LogP contribution in [0.1, 0.15) is 36.6 Å². The van der Waals surface area contributed by atoms with E-state index in [1.165, 1.54) is 16.7 Å². The van der Waals surface area contributed by atoms with Crippen LogP contribution < -0.4 is 24.4 Å². The fraction of sp³-hybridized carbons (Fsp3) is 0.171. The molecule has 0 unspecified atom stereocenters. The Morgan fingerprint density at radius 1 is 1.05 bits per heavy atom. The number of methoxy groups -OCH3 is 1. The summed E-state index contributed by atoms with van der Waals surface area (Å²) >= 11 is 4.83. The minimum atomic E-state index is -0.718. The molecule has 2 heterocycles. The van der Waals surface area contributed by atoms with Gasteiger partial charge in [-0.25, -0.2) is 9.79 Å². The number of allylic oxidation sites excluding steroid dienone is 1. The fourth-order valence-corrected chi connectivity index (χ4v) is 6.99. The van der Waals surface area contributed by atoms with Crippen molar-refractivity contribution in [2.45, 2.75) is 26.5 Å². The Labute approximate surface area is 266 Å². The van der Waals surface area contributed by atoms with Crippen molar-refractivity contribution in [2.24, 2.45) is 4.99 Å². The lowest BCUT2D eigenvalue weighted by Gasteiger charge is -2.25. The smallest absolute Gasteiger partial charge is 0.338 e. The molecule has 0 aliphatic carbocycles. The molecule has 9 heteroatoms. The van der Waals surface area contributed by atoms with Crippen LogP contribution in [0.3, 0.4) is 0 Å². The van der Waals surface area contributed by atoms with Crippen molar-refractivity contribution in [1.29, 1.82) is 0 Å². The van der Waals surface area contributed by atoms with Crippen molar-refractivity contribution in [3.8, 4) is 11.5 Å². The number of rotatable bonds is 8. The molecule has 6 rings (SSSR count). The van der Waals surface area contributed by atoms with Crippen molar-refractivity contribution < 1.29 is 19.0 Å². The van der Waals surface area contributed by atoms with Crippen LogP contribution in [0.2, 0.25) is 0 Å². The van der Waals surface area contributed by atoms with Gasteiger partial charge in [0.1, 0.15) is 18.1 Å². The van der Waals surface area contributed by atoms with Gasteiger partial charge in [0.05, 0.1) is 40.0 Å². The zero-order valence-electron chi connectivity index (χ0n) is 24.4. The molecule has 0 spiro atoms. The average Bonchev–Trinajstić information content (AvgIpc) is 3.33. The number of hydrogen-bond donors (Lipinski definition) is 0. The zero-order valence-corrected chi connectivity index (χ0v) is 26.8. The van der Waals surface area contributed by atoms with Gasteiger partial charge >= 0.3 is 5.97 Å². The average molecular weight is 670 g/mol. The van der Waals surface area contributed by atoms with E-state index in [9.17, 15) is 9.59 Å². The largest absolute Gasteiger partial charge is 0.496 e. The topological polar surface area (TPSA) is 79.1 Å². The molecule has 0 fully saturated rings. The van der Waals surface area contributed by atoms with E-state index in [-0.39, 0.29) is 12.2 Å². The second-order valence-electron chi connectivity index (χ2n) is 10.2. The number of carbonyl (C=O) groups excluding carboxylic acids is 1. The lowest BCUT2D eigenvalue weighted by molar-refractivity contribution is -0.139. The van der Waals surface area contributed by atoms with Gasteiger partial charge in [-0.2, -0.15) is 0 Å². The van der Waals surface area contributed by atoms with Crippen molar-refractivity contribution in [2.75, 3.05) is 13.7 Å². The van der Waals surface area contributed by atoms with Gasteiger partial charge in [0.25, 0.3) is 5.56 Å². The molecule has 1 aliphatic heterocycles. The van der Waals surface area contributed by atoms with Crippen LogP contribution in [0, 0.1) is 0 Å². The quantitative estimate of drug-likeness (QED) is 0.181. The number of esters is 1. The van der Waals surface area contributed by atoms with E-state index in [2.05, 4.69) is 45.2 Å². The SMILES string of the molecule is CCOC(=O)C1=C(C)N=c2s/c(=C/c3cccc(OCc4cccc5ccccc45)c3)c(=O)n2[C@H]1c1ccc(OC)c(Br)c1. The summed E-state index contributed by atoms with van der Waals surface area (Å²) in [5.74, 6) is 0.832. The maximum atomic E-state index is 14.0. The first kappa shape index (κ1) is 29.6. The number of thiazole rings is 1. The second-order valence-corrected chi connectivity index (χ2v) is 12.1. The Kier molecular flexibility index (Phi) is 8.50. The summed E-state index contributed by atoms with van der Waals surface area (Å²) in [5, 5.41) is 2.32. The Morgan fingerprint density at radius 2 is 1.84 bits per heavy atom. The van der Waals surface area contributed by atoms with E-state index in [1.54, 1.807) is 31.6 Å². The molecule has 0 N–H and O–H groups in total. The lowest BCUT2D eigenvalue weighted by Crippen LogP contribution is -2.39. The molecular formula is C35H29BrN2O5S. The molecule has 0 amide bonds. The van der Waals surface area contributed by atoms with E-state index < -0.39 is 12.0 Å². The van der Waals surface area contributed by atoms with Gasteiger partial charge in [0.2, 0.25) is 0 Å². The summed E-state index contributed by atoms with van der Waals surface area (Å²) < 4.78 is 19.8. The number of aromatic nitrogens is 1. The molecular weight excluding hydrogens is 640 g/mol. The van der Waals surface area contributed by atoms with Gasteiger partial charge < -0.3 is 14.2 Å². The van der Waals surface area contributed by atoms with Gasteiger partial charge in [-0.15, -0.1) is 0 Å². The van der Waals surface area contributed by atoms with Gasteiger partial charge in [-0.05, 0) is 87.6 Å². The minimum Gasteiger partial charge on any atom is -0.496 e. The normalized spacial score (nSPS) is 14.7. The predicted octanol–water partition coefficient (Wildman–Crippen LogP) is 6.30. The first-order chi connectivity index (χ1) is 21.4. The Balaban J connectivity index is 1.38. The summed E-state index contributed by atoms with van der Waals surface area (Å²) in [5.41, 5.74) is 3.23.